The van der Waals surface area contributed by atoms with Crippen LogP contribution in [0.15, 0.2) is 27.3 Å². The first kappa shape index (κ1) is 11.2. The molecule has 0 aliphatic rings. The quantitative estimate of drug-likeness (QED) is 0.668. The Morgan fingerprint density at radius 2 is 2.41 bits per heavy atom. The summed E-state index contributed by atoms with van der Waals surface area (Å²) in [5.74, 6) is -0.638. The fourth-order valence-electron chi connectivity index (χ4n) is 1.38. The number of amides is 1. The van der Waals surface area contributed by atoms with Crippen molar-refractivity contribution in [1.82, 2.24) is 10.2 Å². The second-order valence-electron chi connectivity index (χ2n) is 3.57. The molecule has 2 rings (SSSR count). The van der Waals surface area contributed by atoms with Gasteiger partial charge >= 0.3 is 0 Å². The topological polar surface area (TPSA) is 86.4 Å². The molecule has 1 amide bonds. The van der Waals surface area contributed by atoms with Crippen molar-refractivity contribution >= 4 is 5.91 Å². The van der Waals surface area contributed by atoms with E-state index in [4.69, 9.17) is 4.42 Å². The first-order valence-corrected chi connectivity index (χ1v) is 4.90. The number of rotatable bonds is 3. The Balaban J connectivity index is 2.12. The summed E-state index contributed by atoms with van der Waals surface area (Å²) in [7, 11) is 3.14. The van der Waals surface area contributed by atoms with E-state index in [0.29, 0.717) is 5.69 Å². The maximum Gasteiger partial charge on any atom is 0.289 e. The van der Waals surface area contributed by atoms with Gasteiger partial charge in [-0.15, -0.1) is 0 Å². The molecule has 0 radical (unpaired) electrons. The molecule has 0 aliphatic carbocycles. The van der Waals surface area contributed by atoms with Gasteiger partial charge in [0.1, 0.15) is 6.54 Å². The number of carbonyl (C=O) groups is 1. The van der Waals surface area contributed by atoms with E-state index in [1.165, 1.54) is 15.8 Å². The van der Waals surface area contributed by atoms with Crippen LogP contribution < -0.4 is 9.79 Å². The second-order valence-corrected chi connectivity index (χ2v) is 3.57. The molecule has 0 saturated heterocycles. The number of carbonyl (C=O) groups excluding carboxylic acids is 1. The minimum absolute atomic E-state index is 0.109. The van der Waals surface area contributed by atoms with E-state index in [1.807, 2.05) is 0 Å². The van der Waals surface area contributed by atoms with Gasteiger partial charge < -0.3 is 18.9 Å². The lowest BCUT2D eigenvalue weighted by Gasteiger charge is -2.12. The van der Waals surface area contributed by atoms with Gasteiger partial charge in [-0.05, 0) is 12.1 Å². The van der Waals surface area contributed by atoms with Crippen LogP contribution in [0, 0.1) is 0 Å². The van der Waals surface area contributed by atoms with Crippen molar-refractivity contribution in [2.24, 2.45) is 7.05 Å². The molecule has 0 fully saturated rings. The average molecular weight is 237 g/mol. The van der Waals surface area contributed by atoms with Crippen molar-refractivity contribution in [2.45, 2.75) is 6.54 Å². The lowest BCUT2D eigenvalue weighted by atomic mass is 10.3. The average Bonchev–Trinajstić information content (AvgIpc) is 2.93. The summed E-state index contributed by atoms with van der Waals surface area (Å²) in [6.07, 6.45) is 1.42. The number of hydrogen-bond donors (Lipinski definition) is 0. The Morgan fingerprint density at radius 1 is 1.65 bits per heavy atom. The third-order valence-corrected chi connectivity index (χ3v) is 2.34. The predicted octanol–water partition coefficient (Wildman–Crippen LogP) is -0.562. The Labute approximate surface area is 96.8 Å². The van der Waals surface area contributed by atoms with Crippen LogP contribution in [0.4, 0.5) is 0 Å². The summed E-state index contributed by atoms with van der Waals surface area (Å²) in [5.41, 5.74) is 0.299. The first-order valence-electron chi connectivity index (χ1n) is 4.90. The summed E-state index contributed by atoms with van der Waals surface area (Å²) >= 11 is 0. The molecule has 0 saturated carbocycles. The van der Waals surface area contributed by atoms with Crippen LogP contribution in [0.25, 0.3) is 0 Å². The monoisotopic (exact) mass is 237 g/mol. The smallest absolute Gasteiger partial charge is 0.289 e. The number of aryl methyl sites for hydroxylation is 1. The Morgan fingerprint density at radius 3 is 2.94 bits per heavy atom. The van der Waals surface area contributed by atoms with Gasteiger partial charge in [-0.1, -0.05) is 4.68 Å². The molecule has 0 aliphatic heterocycles. The molecule has 0 unspecified atom stereocenters. The normalized spacial score (nSPS) is 10.5. The van der Waals surface area contributed by atoms with E-state index in [1.54, 1.807) is 26.2 Å². The highest BCUT2D eigenvalue weighted by Crippen LogP contribution is 2.11. The minimum atomic E-state index is -0.549. The van der Waals surface area contributed by atoms with Crippen molar-refractivity contribution in [1.29, 1.82) is 0 Å². The maximum absolute atomic E-state index is 11.8. The molecule has 90 valence electrons. The molecule has 17 heavy (non-hydrogen) atoms. The number of hydrogen-bond acceptors (Lipinski definition) is 5. The summed E-state index contributed by atoms with van der Waals surface area (Å²) < 4.78 is 10.7. The molecule has 0 spiro atoms. The van der Waals surface area contributed by atoms with Gasteiger partial charge in [-0.25, -0.2) is 0 Å². The summed E-state index contributed by atoms with van der Waals surface area (Å²) in [6.45, 7) is 0.109. The molecular weight excluding hydrogens is 226 g/mol. The lowest BCUT2D eigenvalue weighted by molar-refractivity contribution is -0.746. The highest BCUT2D eigenvalue weighted by molar-refractivity contribution is 5.91. The molecule has 2 aromatic rings. The van der Waals surface area contributed by atoms with Crippen molar-refractivity contribution < 1.29 is 23.5 Å². The van der Waals surface area contributed by atoms with Crippen LogP contribution in [0.2, 0.25) is 0 Å². The maximum atomic E-state index is 11.8. The highest BCUT2D eigenvalue weighted by Gasteiger charge is 2.21. The Hall–Kier alpha value is -2.31. The molecule has 0 N–H and O–H groups in total. The molecule has 7 nitrogen and oxygen atoms in total. The minimum Gasteiger partial charge on any atom is -0.539 e. The molecule has 7 heteroatoms. The molecular formula is C10H11N3O4. The molecule has 0 bridgehead atoms. The van der Waals surface area contributed by atoms with Crippen molar-refractivity contribution in [3.05, 3.63) is 29.9 Å². The lowest BCUT2D eigenvalue weighted by Crippen LogP contribution is -2.38. The first-order chi connectivity index (χ1) is 8.09. The van der Waals surface area contributed by atoms with Crippen molar-refractivity contribution in [3.8, 4) is 5.95 Å². The van der Waals surface area contributed by atoms with Crippen LogP contribution in [0.3, 0.4) is 0 Å². The standard InChI is InChI=1S/C10H11N3O4/c1-12(9(14)8-4-3-5-16-8)6-7-10(15)17-11-13(7)2/h3-5H,6H2,1-2H3. The molecule has 0 aromatic carbocycles. The largest absolute Gasteiger partial charge is 0.539 e. The highest BCUT2D eigenvalue weighted by atomic mass is 16.6. The van der Waals surface area contributed by atoms with Crippen molar-refractivity contribution in [3.63, 3.8) is 0 Å². The van der Waals surface area contributed by atoms with Crippen LogP contribution in [-0.4, -0.2) is 23.1 Å². The third kappa shape index (κ3) is 2.12. The predicted molar refractivity (Wildman–Crippen MR) is 51.6 cm³/mol. The van der Waals surface area contributed by atoms with Gasteiger partial charge in [-0.3, -0.25) is 4.79 Å². The summed E-state index contributed by atoms with van der Waals surface area (Å²) in [4.78, 5) is 13.2. The van der Waals surface area contributed by atoms with E-state index in [9.17, 15) is 9.90 Å². The van der Waals surface area contributed by atoms with Gasteiger partial charge in [0.15, 0.2) is 18.8 Å². The molecule has 2 aromatic heterocycles. The zero-order valence-electron chi connectivity index (χ0n) is 9.41. The van der Waals surface area contributed by atoms with Gasteiger partial charge in [0.25, 0.3) is 11.6 Å². The van der Waals surface area contributed by atoms with Gasteiger partial charge in [0.2, 0.25) is 0 Å². The van der Waals surface area contributed by atoms with Crippen molar-refractivity contribution in [2.75, 3.05) is 7.05 Å². The fourth-order valence-corrected chi connectivity index (χ4v) is 1.38. The summed E-state index contributed by atoms with van der Waals surface area (Å²) in [5, 5.41) is 14.7. The van der Waals surface area contributed by atoms with E-state index in [0.717, 1.165) is 0 Å². The van der Waals surface area contributed by atoms with E-state index in [2.05, 4.69) is 9.79 Å². The Kier molecular flexibility index (Phi) is 2.82. The van der Waals surface area contributed by atoms with Crippen LogP contribution in [0.1, 0.15) is 16.2 Å². The molecule has 0 atom stereocenters. The van der Waals surface area contributed by atoms with Crippen LogP contribution in [-0.2, 0) is 13.6 Å². The molecule has 2 heterocycles. The van der Waals surface area contributed by atoms with E-state index in [-0.39, 0.29) is 18.2 Å². The SMILES string of the molecule is CN(Cc1c([O-])on[n+]1C)C(=O)c1ccco1. The van der Waals surface area contributed by atoms with Gasteiger partial charge in [-0.2, -0.15) is 0 Å². The number of aromatic nitrogens is 2. The Bertz CT molecular complexity index is 498. The number of furan rings is 1. The fraction of sp³-hybridized carbons (Fsp3) is 0.300. The number of nitrogens with zero attached hydrogens (tertiary/aromatic N) is 3. The van der Waals surface area contributed by atoms with E-state index >= 15 is 0 Å². The summed E-state index contributed by atoms with van der Waals surface area (Å²) in [6, 6.07) is 3.18. The zero-order chi connectivity index (χ0) is 12.4. The van der Waals surface area contributed by atoms with Gasteiger partial charge in [0, 0.05) is 7.05 Å². The van der Waals surface area contributed by atoms with Crippen LogP contribution in [0.5, 0.6) is 5.95 Å². The van der Waals surface area contributed by atoms with E-state index < -0.39 is 5.95 Å². The van der Waals surface area contributed by atoms with Crippen LogP contribution >= 0.6 is 0 Å². The zero-order valence-corrected chi connectivity index (χ0v) is 9.41. The third-order valence-electron chi connectivity index (χ3n) is 2.34. The van der Waals surface area contributed by atoms with Gasteiger partial charge in [0.05, 0.1) is 11.5 Å². The second kappa shape index (κ2) is 4.28.